The molecule has 1 aliphatic heterocycles. The summed E-state index contributed by atoms with van der Waals surface area (Å²) in [6.45, 7) is 5.85. The van der Waals surface area contributed by atoms with Gasteiger partial charge in [-0.25, -0.2) is 13.6 Å². The minimum Gasteiger partial charge on any atom is -0.598 e. The second kappa shape index (κ2) is 8.51. The van der Waals surface area contributed by atoms with Crippen molar-refractivity contribution in [1.29, 1.82) is 0 Å². The summed E-state index contributed by atoms with van der Waals surface area (Å²) in [6.07, 6.45) is -2.02. The monoisotopic (exact) mass is 391 g/mol. The van der Waals surface area contributed by atoms with Crippen LogP contribution in [0.15, 0.2) is 18.2 Å². The molecule has 0 aromatic heterocycles. The highest BCUT2D eigenvalue weighted by Crippen LogP contribution is 2.30. The van der Waals surface area contributed by atoms with Crippen molar-refractivity contribution in [3.63, 3.8) is 0 Å². The van der Waals surface area contributed by atoms with Gasteiger partial charge in [0, 0.05) is 23.3 Å². The fourth-order valence-corrected chi connectivity index (χ4v) is 3.18. The van der Waals surface area contributed by atoms with Gasteiger partial charge in [0.05, 0.1) is 13.2 Å². The first-order valence-electron chi connectivity index (χ1n) is 8.18. The van der Waals surface area contributed by atoms with Crippen LogP contribution in [0.5, 0.6) is 5.75 Å². The average Bonchev–Trinajstić information content (AvgIpc) is 3.05. The Kier molecular flexibility index (Phi) is 6.84. The zero-order chi connectivity index (χ0) is 19.5. The summed E-state index contributed by atoms with van der Waals surface area (Å²) in [5, 5.41) is 9.04. The number of aliphatic carboxylic acids is 1. The molecule has 0 radical (unpaired) electrons. The van der Waals surface area contributed by atoms with E-state index in [9.17, 15) is 18.1 Å². The number of rotatable bonds is 7. The van der Waals surface area contributed by atoms with Gasteiger partial charge in [0.2, 0.25) is 6.17 Å². The summed E-state index contributed by atoms with van der Waals surface area (Å²) in [7, 11) is 0. The van der Waals surface area contributed by atoms with Crippen molar-refractivity contribution in [1.82, 2.24) is 4.72 Å². The minimum atomic E-state index is -2.49. The SMILES string of the molecule is CC(C)(C)[S+]([O-])N[C@@H](c1cc(OC2CCOC2)ccc1F)[C@@H](F)C(=O)O. The molecule has 1 heterocycles. The van der Waals surface area contributed by atoms with Crippen LogP contribution in [0.4, 0.5) is 8.78 Å². The lowest BCUT2D eigenvalue weighted by molar-refractivity contribution is -0.143. The molecule has 4 atom stereocenters. The summed E-state index contributed by atoms with van der Waals surface area (Å²) in [6, 6.07) is 2.06. The summed E-state index contributed by atoms with van der Waals surface area (Å²) in [5.74, 6) is -2.32. The molecule has 9 heteroatoms. The molecule has 2 rings (SSSR count). The molecule has 0 amide bonds. The number of carboxylic acid groups (broad SMARTS) is 1. The number of nitrogens with one attached hydrogen (secondary N) is 1. The molecule has 2 unspecified atom stereocenters. The van der Waals surface area contributed by atoms with Gasteiger partial charge in [-0.15, -0.1) is 4.72 Å². The number of carbonyl (C=O) groups is 1. The topological polar surface area (TPSA) is 90.9 Å². The van der Waals surface area contributed by atoms with Crippen LogP contribution in [0.25, 0.3) is 0 Å². The van der Waals surface area contributed by atoms with Crippen LogP contribution in [-0.4, -0.2) is 45.9 Å². The number of hydrogen-bond acceptors (Lipinski definition) is 5. The molecule has 1 aliphatic rings. The zero-order valence-corrected chi connectivity index (χ0v) is 15.6. The molecule has 1 aromatic rings. The number of halogens is 2. The lowest BCUT2D eigenvalue weighted by Gasteiger charge is -2.29. The highest BCUT2D eigenvalue weighted by molar-refractivity contribution is 7.90. The van der Waals surface area contributed by atoms with Crippen molar-refractivity contribution in [3.05, 3.63) is 29.6 Å². The molecule has 1 fully saturated rings. The number of alkyl halides is 1. The van der Waals surface area contributed by atoms with Crippen LogP contribution in [-0.2, 0) is 20.9 Å². The number of carboxylic acids is 1. The smallest absolute Gasteiger partial charge is 0.340 e. The first-order valence-corrected chi connectivity index (χ1v) is 9.33. The third-order valence-electron chi connectivity index (χ3n) is 3.81. The Balaban J connectivity index is 2.31. The third-order valence-corrected chi connectivity index (χ3v) is 5.39. The molecule has 0 aliphatic carbocycles. The van der Waals surface area contributed by atoms with E-state index >= 15 is 0 Å². The quantitative estimate of drug-likeness (QED) is 0.694. The van der Waals surface area contributed by atoms with E-state index < -0.39 is 40.1 Å². The van der Waals surface area contributed by atoms with E-state index in [4.69, 9.17) is 14.6 Å². The van der Waals surface area contributed by atoms with Gasteiger partial charge in [-0.2, -0.15) is 0 Å². The number of hydrogen-bond donors (Lipinski definition) is 2. The molecule has 0 saturated carbocycles. The van der Waals surface area contributed by atoms with Crippen molar-refractivity contribution in [2.45, 2.75) is 50.3 Å². The first-order chi connectivity index (χ1) is 12.1. The van der Waals surface area contributed by atoms with E-state index in [1.165, 1.54) is 12.1 Å². The van der Waals surface area contributed by atoms with E-state index in [1.807, 2.05) is 0 Å². The average molecular weight is 391 g/mol. The van der Waals surface area contributed by atoms with Crippen LogP contribution in [0.2, 0.25) is 0 Å². The zero-order valence-electron chi connectivity index (χ0n) is 14.8. The fraction of sp³-hybridized carbons (Fsp3) is 0.588. The van der Waals surface area contributed by atoms with Gasteiger partial charge in [-0.3, -0.25) is 0 Å². The van der Waals surface area contributed by atoms with Gasteiger partial charge in [-0.1, -0.05) is 0 Å². The van der Waals surface area contributed by atoms with E-state index in [1.54, 1.807) is 20.8 Å². The van der Waals surface area contributed by atoms with Gasteiger partial charge < -0.3 is 19.1 Å². The largest absolute Gasteiger partial charge is 0.598 e. The number of ether oxygens (including phenoxy) is 2. The van der Waals surface area contributed by atoms with Gasteiger partial charge >= 0.3 is 5.97 Å². The molecule has 6 nitrogen and oxygen atoms in total. The lowest BCUT2D eigenvalue weighted by Crippen LogP contribution is -2.45. The second-order valence-corrected chi connectivity index (χ2v) is 9.00. The highest BCUT2D eigenvalue weighted by Gasteiger charge is 2.38. The first kappa shape index (κ1) is 20.9. The maximum Gasteiger partial charge on any atom is 0.340 e. The Labute approximate surface area is 154 Å². The highest BCUT2D eigenvalue weighted by atomic mass is 32.2. The van der Waals surface area contributed by atoms with E-state index in [0.29, 0.717) is 19.6 Å². The van der Waals surface area contributed by atoms with Crippen molar-refractivity contribution >= 4 is 17.3 Å². The fourth-order valence-electron chi connectivity index (χ4n) is 2.35. The maximum absolute atomic E-state index is 14.3. The van der Waals surface area contributed by atoms with Gasteiger partial charge in [-0.05, 0) is 39.0 Å². The predicted molar refractivity (Wildman–Crippen MR) is 92.6 cm³/mol. The molecule has 1 saturated heterocycles. The Bertz CT molecular complexity index is 634. The van der Waals surface area contributed by atoms with E-state index in [2.05, 4.69) is 4.72 Å². The number of benzene rings is 1. The van der Waals surface area contributed by atoms with Crippen LogP contribution in [0, 0.1) is 5.82 Å². The molecule has 26 heavy (non-hydrogen) atoms. The third kappa shape index (κ3) is 5.29. The standard InChI is InChI=1S/C17H23F2NO5S/c1-17(2,3)26(23)20-15(14(19)16(21)22)12-8-10(4-5-13(12)18)25-11-6-7-24-9-11/h4-5,8,11,14-15,20H,6-7,9H2,1-3H3,(H,21,22)/t11?,14-,15+,26?/m1/s1. The Morgan fingerprint density at radius 3 is 2.73 bits per heavy atom. The van der Waals surface area contributed by atoms with Crippen LogP contribution < -0.4 is 9.46 Å². The molecular weight excluding hydrogens is 368 g/mol. The Morgan fingerprint density at radius 1 is 1.50 bits per heavy atom. The molecular formula is C17H23F2NO5S. The molecule has 0 spiro atoms. The van der Waals surface area contributed by atoms with Crippen molar-refractivity contribution < 1.29 is 32.7 Å². The normalized spacial score (nSPS) is 21.2. The summed E-state index contributed by atoms with van der Waals surface area (Å²) >= 11 is -1.80. The van der Waals surface area contributed by atoms with Crippen molar-refractivity contribution in [3.8, 4) is 5.75 Å². The van der Waals surface area contributed by atoms with Crippen LogP contribution >= 0.6 is 0 Å². The maximum atomic E-state index is 14.3. The predicted octanol–water partition coefficient (Wildman–Crippen LogP) is 2.51. The van der Waals surface area contributed by atoms with E-state index in [-0.39, 0.29) is 17.4 Å². The van der Waals surface area contributed by atoms with Crippen molar-refractivity contribution in [2.75, 3.05) is 13.2 Å². The summed E-state index contributed by atoms with van der Waals surface area (Å²) < 4.78 is 53.5. The Morgan fingerprint density at radius 2 is 2.19 bits per heavy atom. The summed E-state index contributed by atoms with van der Waals surface area (Å²) in [5.41, 5.74) is -0.256. The van der Waals surface area contributed by atoms with Crippen LogP contribution in [0.3, 0.4) is 0 Å². The van der Waals surface area contributed by atoms with Gasteiger partial charge in [0.15, 0.2) is 0 Å². The van der Waals surface area contributed by atoms with Gasteiger partial charge in [0.1, 0.15) is 28.5 Å². The molecule has 0 bridgehead atoms. The minimum absolute atomic E-state index is 0.205. The second-order valence-electron chi connectivity index (χ2n) is 7.00. The molecule has 1 aromatic carbocycles. The Hall–Kier alpha value is -1.42. The van der Waals surface area contributed by atoms with E-state index in [0.717, 1.165) is 6.07 Å². The lowest BCUT2D eigenvalue weighted by atomic mass is 10.0. The molecule has 2 N–H and O–H groups in total. The summed E-state index contributed by atoms with van der Waals surface area (Å²) in [4.78, 5) is 11.1. The van der Waals surface area contributed by atoms with Crippen LogP contribution in [0.1, 0.15) is 38.8 Å². The molecule has 146 valence electrons. The van der Waals surface area contributed by atoms with Gasteiger partial charge in [0.25, 0.3) is 0 Å². The van der Waals surface area contributed by atoms with Crippen molar-refractivity contribution in [2.24, 2.45) is 0 Å².